The van der Waals surface area contributed by atoms with E-state index in [0.717, 1.165) is 0 Å². The first-order valence-corrected chi connectivity index (χ1v) is 5.91. The third-order valence-electron chi connectivity index (χ3n) is 3.01. The van der Waals surface area contributed by atoms with Crippen molar-refractivity contribution in [1.29, 1.82) is 5.26 Å². The molecule has 0 saturated heterocycles. The van der Waals surface area contributed by atoms with Gasteiger partial charge in [0.15, 0.2) is 0 Å². The lowest BCUT2D eigenvalue weighted by Gasteiger charge is -2.12. The van der Waals surface area contributed by atoms with Crippen LogP contribution in [0.15, 0.2) is 24.3 Å². The third-order valence-corrected chi connectivity index (χ3v) is 3.01. The molecule has 1 N–H and O–H groups in total. The van der Waals surface area contributed by atoms with E-state index >= 15 is 0 Å². The lowest BCUT2D eigenvalue weighted by molar-refractivity contribution is -0.274. The van der Waals surface area contributed by atoms with E-state index in [1.54, 1.807) is 12.1 Å². The van der Waals surface area contributed by atoms with Gasteiger partial charge in [0.1, 0.15) is 12.3 Å². The SMILES string of the molecule is N#CCNC(=O)C1CC1c1ccccc1OC(F)(F)F. The van der Waals surface area contributed by atoms with Gasteiger partial charge < -0.3 is 10.1 Å². The number of carbonyl (C=O) groups excluding carboxylic acids is 1. The number of amides is 1. The average molecular weight is 284 g/mol. The van der Waals surface area contributed by atoms with Gasteiger partial charge in [0.05, 0.1) is 6.07 Å². The van der Waals surface area contributed by atoms with E-state index in [2.05, 4.69) is 10.1 Å². The Balaban J connectivity index is 2.08. The van der Waals surface area contributed by atoms with Crippen molar-refractivity contribution in [1.82, 2.24) is 5.32 Å². The maximum atomic E-state index is 12.3. The number of benzene rings is 1. The van der Waals surface area contributed by atoms with Gasteiger partial charge in [-0.1, -0.05) is 18.2 Å². The zero-order valence-corrected chi connectivity index (χ0v) is 10.3. The topological polar surface area (TPSA) is 62.1 Å². The van der Waals surface area contributed by atoms with Crippen LogP contribution < -0.4 is 10.1 Å². The molecule has 0 bridgehead atoms. The van der Waals surface area contributed by atoms with E-state index in [9.17, 15) is 18.0 Å². The van der Waals surface area contributed by atoms with Gasteiger partial charge in [0, 0.05) is 5.92 Å². The van der Waals surface area contributed by atoms with Crippen molar-refractivity contribution < 1.29 is 22.7 Å². The van der Waals surface area contributed by atoms with Crippen LogP contribution >= 0.6 is 0 Å². The molecule has 1 aliphatic carbocycles. The summed E-state index contributed by atoms with van der Waals surface area (Å²) >= 11 is 0. The van der Waals surface area contributed by atoms with Crippen molar-refractivity contribution in [2.75, 3.05) is 6.54 Å². The molecule has 1 fully saturated rings. The van der Waals surface area contributed by atoms with Gasteiger partial charge in [-0.25, -0.2) is 0 Å². The van der Waals surface area contributed by atoms with Gasteiger partial charge in [-0.15, -0.1) is 13.2 Å². The lowest BCUT2D eigenvalue weighted by atomic mass is 10.1. The van der Waals surface area contributed by atoms with Gasteiger partial charge in [-0.05, 0) is 24.0 Å². The van der Waals surface area contributed by atoms with Crippen molar-refractivity contribution in [2.24, 2.45) is 5.92 Å². The molecular weight excluding hydrogens is 273 g/mol. The zero-order chi connectivity index (χ0) is 14.8. The first-order chi connectivity index (χ1) is 9.42. The Bertz CT molecular complexity index is 551. The van der Waals surface area contributed by atoms with Crippen LogP contribution in [0.25, 0.3) is 0 Å². The number of nitrogens with zero attached hydrogens (tertiary/aromatic N) is 1. The second-order valence-corrected chi connectivity index (χ2v) is 4.41. The Morgan fingerprint density at radius 2 is 2.15 bits per heavy atom. The van der Waals surface area contributed by atoms with Crippen molar-refractivity contribution in [3.8, 4) is 11.8 Å². The van der Waals surface area contributed by atoms with Gasteiger partial charge >= 0.3 is 6.36 Å². The highest BCUT2D eigenvalue weighted by Crippen LogP contribution is 2.50. The minimum absolute atomic E-state index is 0.108. The first-order valence-electron chi connectivity index (χ1n) is 5.91. The second kappa shape index (κ2) is 5.41. The van der Waals surface area contributed by atoms with E-state index in [1.165, 1.54) is 18.2 Å². The van der Waals surface area contributed by atoms with Crippen molar-refractivity contribution in [3.63, 3.8) is 0 Å². The Labute approximate surface area is 113 Å². The maximum Gasteiger partial charge on any atom is 0.573 e. The van der Waals surface area contributed by atoms with Gasteiger partial charge in [-0.2, -0.15) is 5.26 Å². The number of carbonyl (C=O) groups is 1. The molecule has 20 heavy (non-hydrogen) atoms. The summed E-state index contributed by atoms with van der Waals surface area (Å²) in [5, 5.41) is 10.8. The maximum absolute atomic E-state index is 12.3. The van der Waals surface area contributed by atoms with Gasteiger partial charge in [0.25, 0.3) is 0 Å². The minimum atomic E-state index is -4.76. The van der Waals surface area contributed by atoms with E-state index in [0.29, 0.717) is 12.0 Å². The zero-order valence-electron chi connectivity index (χ0n) is 10.3. The first kappa shape index (κ1) is 14.2. The number of halogens is 3. The van der Waals surface area contributed by atoms with E-state index in [1.807, 2.05) is 0 Å². The fraction of sp³-hybridized carbons (Fsp3) is 0.385. The minimum Gasteiger partial charge on any atom is -0.405 e. The van der Waals surface area contributed by atoms with Crippen LogP contribution in [0.2, 0.25) is 0 Å². The monoisotopic (exact) mass is 284 g/mol. The van der Waals surface area contributed by atoms with E-state index < -0.39 is 12.3 Å². The molecule has 0 aliphatic heterocycles. The highest BCUT2D eigenvalue weighted by molar-refractivity contribution is 5.83. The van der Waals surface area contributed by atoms with Gasteiger partial charge in [0.2, 0.25) is 5.91 Å². The Hall–Kier alpha value is -2.23. The summed E-state index contributed by atoms with van der Waals surface area (Å²) in [6.45, 7) is -0.108. The summed E-state index contributed by atoms with van der Waals surface area (Å²) < 4.78 is 40.8. The fourth-order valence-corrected chi connectivity index (χ4v) is 2.09. The molecule has 0 heterocycles. The van der Waals surface area contributed by atoms with Crippen molar-refractivity contribution >= 4 is 5.91 Å². The third kappa shape index (κ3) is 3.41. The quantitative estimate of drug-likeness (QED) is 0.863. The summed E-state index contributed by atoms with van der Waals surface area (Å²) in [6, 6.07) is 7.56. The van der Waals surface area contributed by atoms with Crippen LogP contribution in [-0.4, -0.2) is 18.8 Å². The van der Waals surface area contributed by atoms with E-state index in [4.69, 9.17) is 5.26 Å². The predicted molar refractivity (Wildman–Crippen MR) is 62.6 cm³/mol. The summed E-state index contributed by atoms with van der Waals surface area (Å²) in [6.07, 6.45) is -4.31. The number of nitriles is 1. The smallest absolute Gasteiger partial charge is 0.405 e. The highest BCUT2D eigenvalue weighted by atomic mass is 19.4. The van der Waals surface area contributed by atoms with Crippen LogP contribution in [-0.2, 0) is 4.79 Å². The molecule has 1 aliphatic rings. The Morgan fingerprint density at radius 1 is 1.45 bits per heavy atom. The number of alkyl halides is 3. The number of hydrogen-bond acceptors (Lipinski definition) is 3. The molecule has 0 aromatic heterocycles. The Kier molecular flexibility index (Phi) is 3.84. The molecule has 4 nitrogen and oxygen atoms in total. The number of ether oxygens (including phenoxy) is 1. The highest BCUT2D eigenvalue weighted by Gasteiger charge is 2.46. The molecular formula is C13H11F3N2O2. The molecule has 0 radical (unpaired) electrons. The largest absolute Gasteiger partial charge is 0.573 e. The van der Waals surface area contributed by atoms with Crippen LogP contribution in [0.1, 0.15) is 17.9 Å². The van der Waals surface area contributed by atoms with Crippen LogP contribution in [0, 0.1) is 17.2 Å². The summed E-state index contributed by atoms with van der Waals surface area (Å²) in [5.74, 6) is -1.30. The molecule has 1 aromatic rings. The van der Waals surface area contributed by atoms with Crippen LogP contribution in [0.5, 0.6) is 5.75 Å². The molecule has 2 unspecified atom stereocenters. The molecule has 1 amide bonds. The Morgan fingerprint density at radius 3 is 2.80 bits per heavy atom. The normalized spacial score (nSPS) is 20.9. The van der Waals surface area contributed by atoms with Gasteiger partial charge in [-0.3, -0.25) is 4.79 Å². The molecule has 106 valence electrons. The molecule has 7 heteroatoms. The predicted octanol–water partition coefficient (Wildman–Crippen LogP) is 2.33. The number of para-hydroxylation sites is 1. The summed E-state index contributed by atoms with van der Waals surface area (Å²) in [4.78, 5) is 11.6. The molecule has 1 saturated carbocycles. The number of nitrogens with one attached hydrogen (secondary N) is 1. The van der Waals surface area contributed by atoms with Crippen LogP contribution in [0.4, 0.5) is 13.2 Å². The van der Waals surface area contributed by atoms with E-state index in [-0.39, 0.29) is 24.1 Å². The molecule has 2 rings (SSSR count). The fourth-order valence-electron chi connectivity index (χ4n) is 2.09. The number of rotatable bonds is 4. The van der Waals surface area contributed by atoms with Crippen molar-refractivity contribution in [3.05, 3.63) is 29.8 Å². The summed E-state index contributed by atoms with van der Waals surface area (Å²) in [5.41, 5.74) is 0.363. The van der Waals surface area contributed by atoms with Crippen LogP contribution in [0.3, 0.4) is 0 Å². The second-order valence-electron chi connectivity index (χ2n) is 4.41. The molecule has 1 aromatic carbocycles. The summed E-state index contributed by atoms with van der Waals surface area (Å²) in [7, 11) is 0. The standard InChI is InChI=1S/C13H11F3N2O2/c14-13(15,16)20-11-4-2-1-3-8(11)9-7-10(9)12(19)18-6-5-17/h1-4,9-10H,6-7H2,(H,18,19). The van der Waals surface area contributed by atoms with Crippen molar-refractivity contribution in [2.45, 2.75) is 18.7 Å². The molecule has 2 atom stereocenters. The number of hydrogen-bond donors (Lipinski definition) is 1. The molecule has 0 spiro atoms. The average Bonchev–Trinajstić information content (AvgIpc) is 3.15. The lowest BCUT2D eigenvalue weighted by Crippen LogP contribution is -2.25.